The number of benzene rings is 3. The van der Waals surface area contributed by atoms with Crippen LogP contribution in [0.1, 0.15) is 33.4 Å². The van der Waals surface area contributed by atoms with E-state index in [0.29, 0.717) is 16.7 Å². The molecule has 12 heteroatoms. The van der Waals surface area contributed by atoms with E-state index in [0.717, 1.165) is 21.3 Å². The van der Waals surface area contributed by atoms with Crippen LogP contribution < -0.4 is 22.6 Å². The van der Waals surface area contributed by atoms with Gasteiger partial charge in [-0.2, -0.15) is 9.81 Å². The maximum absolute atomic E-state index is 13.6. The average Bonchev–Trinajstić information content (AvgIpc) is 2.93. The molecule has 0 amide bonds. The smallest absolute Gasteiger partial charge is 0.375 e. The van der Waals surface area contributed by atoms with Gasteiger partial charge < -0.3 is 9.62 Å². The van der Waals surface area contributed by atoms with Gasteiger partial charge in [0.15, 0.2) is 0 Å². The number of rotatable bonds is 12. The van der Waals surface area contributed by atoms with E-state index in [1.165, 1.54) is 4.57 Å². The van der Waals surface area contributed by atoms with Gasteiger partial charge in [0.2, 0.25) is 0 Å². The van der Waals surface area contributed by atoms with Gasteiger partial charge in [-0.05, 0) is 33.4 Å². The lowest BCUT2D eigenvalue weighted by Gasteiger charge is -2.11. The third kappa shape index (κ3) is 7.15. The molecule has 12 nitrogen and oxygen atoms in total. The van der Waals surface area contributed by atoms with Crippen molar-refractivity contribution in [3.63, 3.8) is 0 Å². The lowest BCUT2D eigenvalue weighted by molar-refractivity contribution is 0.161. The average molecular weight is 531 g/mol. The molecule has 200 valence electrons. The first-order valence-electron chi connectivity index (χ1n) is 12.0. The minimum atomic E-state index is -0.883. The van der Waals surface area contributed by atoms with Gasteiger partial charge in [0.05, 0.1) is 19.6 Å². The molecule has 39 heavy (non-hydrogen) atoms. The summed E-state index contributed by atoms with van der Waals surface area (Å²) in [5.74, 6) is -0.883. The predicted octanol–water partition coefficient (Wildman–Crippen LogP) is 2.81. The Morgan fingerprint density at radius 3 is 1.77 bits per heavy atom. The largest absolute Gasteiger partial charge is 0.426 e. The first-order chi connectivity index (χ1) is 19.0. The lowest BCUT2D eigenvalue weighted by atomic mass is 10.1. The fourth-order valence-electron chi connectivity index (χ4n) is 4.13. The molecule has 0 unspecified atom stereocenters. The normalized spacial score (nSPS) is 11.5. The molecule has 0 saturated heterocycles. The molecular formula is C27H26N6O6. The first kappa shape index (κ1) is 27.2. The Morgan fingerprint density at radius 1 is 0.692 bits per heavy atom. The van der Waals surface area contributed by atoms with Crippen molar-refractivity contribution in [2.75, 3.05) is 0 Å². The summed E-state index contributed by atoms with van der Waals surface area (Å²) in [6.07, 6.45) is 0. The Hall–Kier alpha value is -4.81. The SMILES string of the molecule is O=NCc1cccc(CN=c2oc(=O)n(Cc3cccc(CN=O)c3)c(=O)n2Cc2cccc(CNO)c2)c1. The van der Waals surface area contributed by atoms with E-state index in [9.17, 15) is 19.4 Å². The van der Waals surface area contributed by atoms with Gasteiger partial charge >= 0.3 is 17.1 Å². The topological polar surface area (TPSA) is 161 Å². The molecule has 1 heterocycles. The molecule has 0 aliphatic rings. The molecule has 0 atom stereocenters. The van der Waals surface area contributed by atoms with Gasteiger partial charge in [0, 0.05) is 6.54 Å². The monoisotopic (exact) mass is 530 g/mol. The first-order valence-corrected chi connectivity index (χ1v) is 12.0. The Labute approximate surface area is 221 Å². The highest BCUT2D eigenvalue weighted by Gasteiger charge is 2.13. The summed E-state index contributed by atoms with van der Waals surface area (Å²) in [5, 5.41) is 14.8. The van der Waals surface area contributed by atoms with Gasteiger partial charge in [0.1, 0.15) is 13.1 Å². The lowest BCUT2D eigenvalue weighted by Crippen LogP contribution is -2.47. The molecule has 4 aromatic rings. The molecule has 3 aromatic carbocycles. The van der Waals surface area contributed by atoms with Crippen LogP contribution in [0.4, 0.5) is 0 Å². The van der Waals surface area contributed by atoms with Crippen LogP contribution in [0.2, 0.25) is 0 Å². The molecule has 0 fully saturated rings. The van der Waals surface area contributed by atoms with Crippen LogP contribution in [-0.2, 0) is 39.3 Å². The third-order valence-electron chi connectivity index (χ3n) is 5.92. The highest BCUT2D eigenvalue weighted by Crippen LogP contribution is 2.09. The van der Waals surface area contributed by atoms with Crippen molar-refractivity contribution in [1.29, 1.82) is 0 Å². The van der Waals surface area contributed by atoms with Crippen molar-refractivity contribution in [3.8, 4) is 0 Å². The summed E-state index contributed by atoms with van der Waals surface area (Å²) >= 11 is 0. The van der Waals surface area contributed by atoms with Crippen LogP contribution in [0.15, 0.2) is 102 Å². The number of aromatic nitrogens is 2. The zero-order valence-corrected chi connectivity index (χ0v) is 20.9. The number of nitrogens with one attached hydrogen (secondary N) is 1. The Bertz CT molecular complexity index is 1660. The number of hydroxylamine groups is 1. The predicted molar refractivity (Wildman–Crippen MR) is 142 cm³/mol. The quantitative estimate of drug-likeness (QED) is 0.210. The maximum atomic E-state index is 13.6. The van der Waals surface area contributed by atoms with Gasteiger partial charge in [-0.3, -0.25) is 0 Å². The highest BCUT2D eigenvalue weighted by molar-refractivity contribution is 5.25. The molecule has 0 saturated carbocycles. The van der Waals surface area contributed by atoms with Crippen LogP contribution >= 0.6 is 0 Å². The second-order valence-corrected chi connectivity index (χ2v) is 8.79. The molecule has 0 spiro atoms. The van der Waals surface area contributed by atoms with Crippen LogP contribution in [-0.4, -0.2) is 14.3 Å². The van der Waals surface area contributed by atoms with Crippen LogP contribution in [0, 0.1) is 9.81 Å². The van der Waals surface area contributed by atoms with Crippen molar-refractivity contribution in [2.45, 2.75) is 39.3 Å². The number of nitroso groups, excluding NO2 is 2. The van der Waals surface area contributed by atoms with E-state index in [-0.39, 0.29) is 45.0 Å². The standard InChI is InChI=1S/C27H26N6O6/c34-26-32(17-23-8-2-6-21(11-23)15-30-37)25(28-13-19-4-1-5-20(10-19)14-29-36)39-27(35)33(26)18-24-9-3-7-22(12-24)16-31-38/h1-12,30,37H,13-18H2. The molecule has 0 aliphatic carbocycles. The van der Waals surface area contributed by atoms with E-state index in [4.69, 9.17) is 9.62 Å². The van der Waals surface area contributed by atoms with Crippen molar-refractivity contribution in [1.82, 2.24) is 14.6 Å². The van der Waals surface area contributed by atoms with E-state index >= 15 is 0 Å². The fourth-order valence-corrected chi connectivity index (χ4v) is 4.13. The van der Waals surface area contributed by atoms with Crippen molar-refractivity contribution in [3.05, 3.63) is 143 Å². The minimum Gasteiger partial charge on any atom is -0.375 e. The third-order valence-corrected chi connectivity index (χ3v) is 5.92. The summed E-state index contributed by atoms with van der Waals surface area (Å²) in [7, 11) is 0. The fraction of sp³-hybridized carbons (Fsp3) is 0.222. The van der Waals surface area contributed by atoms with Crippen molar-refractivity contribution >= 4 is 0 Å². The van der Waals surface area contributed by atoms with Crippen LogP contribution in [0.3, 0.4) is 0 Å². The van der Waals surface area contributed by atoms with Crippen LogP contribution in [0.25, 0.3) is 0 Å². The van der Waals surface area contributed by atoms with E-state index < -0.39 is 11.4 Å². The summed E-state index contributed by atoms with van der Waals surface area (Å²) in [5.41, 5.74) is 5.55. The maximum Gasteiger partial charge on any atom is 0.426 e. The Morgan fingerprint density at radius 2 is 1.18 bits per heavy atom. The molecular weight excluding hydrogens is 504 g/mol. The number of hydrogen-bond acceptors (Lipinski definition) is 10. The van der Waals surface area contributed by atoms with Gasteiger partial charge in [-0.25, -0.2) is 29.2 Å². The minimum absolute atomic E-state index is 0.0160. The Balaban J connectivity index is 1.78. The highest BCUT2D eigenvalue weighted by atomic mass is 16.5. The molecule has 0 bridgehead atoms. The van der Waals surface area contributed by atoms with E-state index in [1.54, 1.807) is 66.7 Å². The second kappa shape index (κ2) is 13.1. The van der Waals surface area contributed by atoms with Gasteiger partial charge in [-0.1, -0.05) is 83.2 Å². The zero-order chi connectivity index (χ0) is 27.6. The zero-order valence-electron chi connectivity index (χ0n) is 20.9. The van der Waals surface area contributed by atoms with E-state index in [1.807, 2.05) is 6.07 Å². The summed E-state index contributed by atoms with van der Waals surface area (Å²) in [6.45, 7) is 0.255. The molecule has 2 N–H and O–H groups in total. The van der Waals surface area contributed by atoms with Crippen LogP contribution in [0.5, 0.6) is 0 Å². The van der Waals surface area contributed by atoms with Crippen molar-refractivity contribution < 1.29 is 9.62 Å². The molecule has 0 radical (unpaired) electrons. The number of nitrogens with zero attached hydrogens (tertiary/aromatic N) is 5. The molecule has 1 aromatic heterocycles. The molecule has 4 rings (SSSR count). The summed E-state index contributed by atoms with van der Waals surface area (Å²) < 4.78 is 7.76. The van der Waals surface area contributed by atoms with E-state index in [2.05, 4.69) is 20.8 Å². The number of hydrogen-bond donors (Lipinski definition) is 2. The van der Waals surface area contributed by atoms with Crippen molar-refractivity contribution in [2.24, 2.45) is 15.3 Å². The summed E-state index contributed by atoms with van der Waals surface area (Å²) in [6, 6.07) is 21.2. The Kier molecular flexibility index (Phi) is 9.16. The summed E-state index contributed by atoms with van der Waals surface area (Å²) in [4.78, 5) is 52.3. The second-order valence-electron chi connectivity index (χ2n) is 8.79. The van der Waals surface area contributed by atoms with Gasteiger partial charge in [-0.15, -0.1) is 0 Å². The van der Waals surface area contributed by atoms with Gasteiger partial charge in [0.25, 0.3) is 0 Å². The molecule has 0 aliphatic heterocycles.